The second-order valence-corrected chi connectivity index (χ2v) is 4.86. The molecular weight excluding hydrogens is 296 g/mol. The van der Waals surface area contributed by atoms with Gasteiger partial charge in [-0.1, -0.05) is 42.5 Å². The Morgan fingerprint density at radius 1 is 1.00 bits per heavy atom. The number of nitrogens with zero attached hydrogens (tertiary/aromatic N) is 1. The third-order valence-electron chi connectivity index (χ3n) is 3.26. The summed E-state index contributed by atoms with van der Waals surface area (Å²) >= 11 is 0. The molecule has 6 heteroatoms. The Balaban J connectivity index is 1.54. The molecule has 0 amide bonds. The highest BCUT2D eigenvalue weighted by Gasteiger charge is 2.15. The van der Waals surface area contributed by atoms with Crippen molar-refractivity contribution in [2.24, 2.45) is 0 Å². The van der Waals surface area contributed by atoms with E-state index in [0.29, 0.717) is 11.1 Å². The number of aromatic amines is 1. The third kappa shape index (κ3) is 3.55. The molecule has 6 nitrogen and oxygen atoms in total. The van der Waals surface area contributed by atoms with Gasteiger partial charge in [0.15, 0.2) is 6.61 Å². The van der Waals surface area contributed by atoms with Gasteiger partial charge in [0.1, 0.15) is 6.61 Å². The molecule has 0 bridgehead atoms. The van der Waals surface area contributed by atoms with Crippen LogP contribution in [0.2, 0.25) is 0 Å². The molecule has 0 atom stereocenters. The summed E-state index contributed by atoms with van der Waals surface area (Å²) in [6, 6.07) is 14.4. The fraction of sp³-hybridized carbons (Fsp3) is 0.118. The Bertz CT molecular complexity index is 827. The summed E-state index contributed by atoms with van der Waals surface area (Å²) in [6.45, 7) is -0.288. The molecule has 1 heterocycles. The van der Waals surface area contributed by atoms with Crippen molar-refractivity contribution in [3.8, 4) is 0 Å². The van der Waals surface area contributed by atoms with Crippen molar-refractivity contribution in [2.45, 2.75) is 6.61 Å². The molecule has 1 aromatic heterocycles. The highest BCUT2D eigenvalue weighted by atomic mass is 16.6. The van der Waals surface area contributed by atoms with E-state index >= 15 is 0 Å². The minimum Gasteiger partial charge on any atom is -0.458 e. The number of benzene rings is 2. The molecule has 0 radical (unpaired) electrons. The molecule has 1 N–H and O–H groups in total. The summed E-state index contributed by atoms with van der Waals surface area (Å²) < 4.78 is 10.0. The van der Waals surface area contributed by atoms with Crippen molar-refractivity contribution in [3.05, 3.63) is 65.9 Å². The zero-order chi connectivity index (χ0) is 16.1. The third-order valence-corrected chi connectivity index (χ3v) is 3.26. The Kier molecular flexibility index (Phi) is 4.33. The predicted octanol–water partition coefficient (Wildman–Crippen LogP) is 2.46. The number of rotatable bonds is 5. The Morgan fingerprint density at radius 3 is 2.65 bits per heavy atom. The number of carbonyl (C=O) groups is 2. The van der Waals surface area contributed by atoms with Gasteiger partial charge in [-0.05, 0) is 11.6 Å². The zero-order valence-electron chi connectivity index (χ0n) is 12.2. The minimum atomic E-state index is -0.600. The van der Waals surface area contributed by atoms with E-state index in [2.05, 4.69) is 10.2 Å². The van der Waals surface area contributed by atoms with E-state index in [4.69, 9.17) is 9.47 Å². The van der Waals surface area contributed by atoms with E-state index < -0.39 is 18.5 Å². The van der Waals surface area contributed by atoms with Crippen LogP contribution in [0.25, 0.3) is 10.9 Å². The van der Waals surface area contributed by atoms with Crippen molar-refractivity contribution in [1.29, 1.82) is 0 Å². The van der Waals surface area contributed by atoms with E-state index in [1.807, 2.05) is 36.4 Å². The second kappa shape index (κ2) is 6.74. The fourth-order valence-electron chi connectivity index (χ4n) is 2.12. The van der Waals surface area contributed by atoms with Crippen LogP contribution in [0.5, 0.6) is 0 Å². The molecule has 0 aliphatic carbocycles. The number of carbonyl (C=O) groups excluding carboxylic acids is 2. The molecule has 0 aliphatic rings. The summed E-state index contributed by atoms with van der Waals surface area (Å²) in [6.07, 6.45) is 1.61. The normalized spacial score (nSPS) is 10.4. The molecule has 0 aliphatic heterocycles. The van der Waals surface area contributed by atoms with Crippen molar-refractivity contribution in [1.82, 2.24) is 10.2 Å². The number of ether oxygens (including phenoxy) is 2. The lowest BCUT2D eigenvalue weighted by atomic mass is 10.1. The van der Waals surface area contributed by atoms with Gasteiger partial charge in [0, 0.05) is 5.39 Å². The lowest BCUT2D eigenvalue weighted by Gasteiger charge is -2.06. The van der Waals surface area contributed by atoms with Gasteiger partial charge < -0.3 is 9.47 Å². The highest BCUT2D eigenvalue weighted by Crippen LogP contribution is 2.16. The first kappa shape index (κ1) is 14.8. The molecule has 0 spiro atoms. The number of fused-ring (bicyclic) bond motifs is 1. The van der Waals surface area contributed by atoms with E-state index in [9.17, 15) is 9.59 Å². The molecule has 3 rings (SSSR count). The molecule has 0 saturated carbocycles. The summed E-state index contributed by atoms with van der Waals surface area (Å²) in [7, 11) is 0. The van der Waals surface area contributed by atoms with Gasteiger partial charge in [-0.15, -0.1) is 0 Å². The number of nitrogens with one attached hydrogen (secondary N) is 1. The molecule has 0 fully saturated rings. The van der Waals surface area contributed by atoms with Crippen LogP contribution in [0.4, 0.5) is 0 Å². The van der Waals surface area contributed by atoms with Crippen molar-refractivity contribution in [2.75, 3.05) is 6.61 Å². The Morgan fingerprint density at radius 2 is 1.83 bits per heavy atom. The van der Waals surface area contributed by atoms with Gasteiger partial charge in [-0.25, -0.2) is 9.59 Å². The second-order valence-electron chi connectivity index (χ2n) is 4.86. The number of para-hydroxylation sites is 1. The number of esters is 2. The van der Waals surface area contributed by atoms with Gasteiger partial charge in [0.2, 0.25) is 0 Å². The van der Waals surface area contributed by atoms with Crippen LogP contribution < -0.4 is 0 Å². The molecule has 116 valence electrons. The van der Waals surface area contributed by atoms with Crippen LogP contribution in [0, 0.1) is 0 Å². The number of aromatic nitrogens is 2. The lowest BCUT2D eigenvalue weighted by molar-refractivity contribution is -0.148. The highest BCUT2D eigenvalue weighted by molar-refractivity contribution is 6.02. The lowest BCUT2D eigenvalue weighted by Crippen LogP contribution is -2.16. The predicted molar refractivity (Wildman–Crippen MR) is 82.6 cm³/mol. The largest absolute Gasteiger partial charge is 0.458 e. The quantitative estimate of drug-likeness (QED) is 0.732. The maximum Gasteiger partial charge on any atom is 0.344 e. The van der Waals surface area contributed by atoms with Crippen LogP contribution in [0.1, 0.15) is 15.9 Å². The monoisotopic (exact) mass is 310 g/mol. The van der Waals surface area contributed by atoms with Gasteiger partial charge in [-0.2, -0.15) is 5.10 Å². The SMILES string of the molecule is O=C(COC(=O)c1cccc2cn[nH]c12)OCc1ccccc1. The number of hydrogen-bond donors (Lipinski definition) is 1. The van der Waals surface area contributed by atoms with Crippen molar-refractivity contribution in [3.63, 3.8) is 0 Å². The zero-order valence-corrected chi connectivity index (χ0v) is 12.2. The van der Waals surface area contributed by atoms with E-state index in [0.717, 1.165) is 10.9 Å². The van der Waals surface area contributed by atoms with E-state index in [1.54, 1.807) is 18.3 Å². The maximum atomic E-state index is 12.1. The first-order valence-corrected chi connectivity index (χ1v) is 7.03. The average Bonchev–Trinajstić information content (AvgIpc) is 3.07. The van der Waals surface area contributed by atoms with Crippen LogP contribution in [0.3, 0.4) is 0 Å². The van der Waals surface area contributed by atoms with Crippen LogP contribution >= 0.6 is 0 Å². The molecule has 2 aromatic carbocycles. The number of hydrogen-bond acceptors (Lipinski definition) is 5. The van der Waals surface area contributed by atoms with Gasteiger partial charge in [0.05, 0.1) is 17.3 Å². The smallest absolute Gasteiger partial charge is 0.344 e. The summed E-state index contributed by atoms with van der Waals surface area (Å²) in [5.41, 5.74) is 1.78. The van der Waals surface area contributed by atoms with Gasteiger partial charge >= 0.3 is 11.9 Å². The first-order valence-electron chi connectivity index (χ1n) is 7.03. The van der Waals surface area contributed by atoms with E-state index in [1.165, 1.54) is 0 Å². The first-order chi connectivity index (χ1) is 11.2. The minimum absolute atomic E-state index is 0.146. The summed E-state index contributed by atoms with van der Waals surface area (Å²) in [4.78, 5) is 23.7. The van der Waals surface area contributed by atoms with Crippen LogP contribution in [-0.4, -0.2) is 28.7 Å². The van der Waals surface area contributed by atoms with Crippen molar-refractivity contribution < 1.29 is 19.1 Å². The van der Waals surface area contributed by atoms with Crippen LogP contribution in [-0.2, 0) is 20.9 Å². The van der Waals surface area contributed by atoms with Gasteiger partial charge in [-0.3, -0.25) is 5.10 Å². The molecule has 23 heavy (non-hydrogen) atoms. The number of H-pyrrole nitrogens is 1. The van der Waals surface area contributed by atoms with Gasteiger partial charge in [0.25, 0.3) is 0 Å². The average molecular weight is 310 g/mol. The fourth-order valence-corrected chi connectivity index (χ4v) is 2.12. The van der Waals surface area contributed by atoms with Crippen LogP contribution in [0.15, 0.2) is 54.7 Å². The summed E-state index contributed by atoms with van der Waals surface area (Å²) in [5.74, 6) is -1.20. The van der Waals surface area contributed by atoms with Crippen molar-refractivity contribution >= 4 is 22.8 Å². The van der Waals surface area contributed by atoms with E-state index in [-0.39, 0.29) is 6.61 Å². The standard InChI is InChI=1S/C17H14N2O4/c20-15(22-10-12-5-2-1-3-6-12)11-23-17(21)14-8-4-7-13-9-18-19-16(13)14/h1-9H,10-11H2,(H,18,19). The molecular formula is C17H14N2O4. The summed E-state index contributed by atoms with van der Waals surface area (Å²) in [5, 5.41) is 7.41. The maximum absolute atomic E-state index is 12.1. The molecule has 0 saturated heterocycles. The Hall–Kier alpha value is -3.15. The Labute approximate surface area is 132 Å². The molecule has 3 aromatic rings. The molecule has 0 unspecified atom stereocenters. The topological polar surface area (TPSA) is 81.3 Å².